The number of carbonyl (C=O) groups excluding carboxylic acids is 1. The molecule has 268 valence electrons. The summed E-state index contributed by atoms with van der Waals surface area (Å²) >= 11 is 6.47. The van der Waals surface area contributed by atoms with Crippen molar-refractivity contribution in [3.05, 3.63) is 58.1 Å². The number of nitrogens with one attached hydrogen (secondary N) is 1. The molecule has 1 spiro atoms. The lowest BCUT2D eigenvalue weighted by atomic mass is 9.64. The fourth-order valence-corrected chi connectivity index (χ4v) is 10.7. The largest absolute Gasteiger partial charge is 0.490 e. The Bertz CT molecular complexity index is 1650. The number of rotatable bonds is 3. The van der Waals surface area contributed by atoms with Gasteiger partial charge in [0.05, 0.1) is 30.3 Å². The molecule has 1 saturated heterocycles. The molecule has 1 amide bonds. The van der Waals surface area contributed by atoms with Crippen LogP contribution in [0.4, 0.5) is 5.69 Å². The lowest BCUT2D eigenvalue weighted by Gasteiger charge is -2.47. The highest BCUT2D eigenvalue weighted by Crippen LogP contribution is 2.49. The summed E-state index contributed by atoms with van der Waals surface area (Å²) in [6, 6.07) is 11.6. The van der Waals surface area contributed by atoms with Crippen LogP contribution in [0.1, 0.15) is 80.3 Å². The first-order valence-corrected chi connectivity index (χ1v) is 20.1. The van der Waals surface area contributed by atoms with Crippen molar-refractivity contribution in [2.75, 3.05) is 51.8 Å². The molecule has 49 heavy (non-hydrogen) atoms. The molecule has 7 rings (SSSR count). The van der Waals surface area contributed by atoms with Crippen LogP contribution in [0, 0.1) is 23.7 Å². The first kappa shape index (κ1) is 35.1. The number of likely N-dealkylation sites (N-methyl/N-ethyl adjacent to an activating group) is 1. The summed E-state index contributed by atoms with van der Waals surface area (Å²) in [5.74, 6) is 1.06. The van der Waals surface area contributed by atoms with E-state index in [1.807, 2.05) is 25.1 Å². The van der Waals surface area contributed by atoms with Crippen LogP contribution in [0.5, 0.6) is 5.75 Å². The Labute approximate surface area is 297 Å². The van der Waals surface area contributed by atoms with Gasteiger partial charge in [0, 0.05) is 41.6 Å². The van der Waals surface area contributed by atoms with Crippen LogP contribution in [0.25, 0.3) is 0 Å². The predicted molar refractivity (Wildman–Crippen MR) is 192 cm³/mol. The van der Waals surface area contributed by atoms with E-state index in [2.05, 4.69) is 40.7 Å². The van der Waals surface area contributed by atoms with Crippen molar-refractivity contribution in [3.8, 4) is 5.75 Å². The number of nitrogens with zero attached hydrogens (tertiary/aromatic N) is 2. The number of halogens is 1. The molecule has 2 aromatic carbocycles. The molecule has 2 aromatic rings. The van der Waals surface area contributed by atoms with Gasteiger partial charge in [0.25, 0.3) is 5.91 Å². The minimum absolute atomic E-state index is 0.0411. The van der Waals surface area contributed by atoms with Gasteiger partial charge in [-0.25, -0.2) is 13.1 Å². The van der Waals surface area contributed by atoms with Crippen LogP contribution in [0.3, 0.4) is 0 Å². The monoisotopic (exact) mass is 713 g/mol. The van der Waals surface area contributed by atoms with Gasteiger partial charge in [-0.05, 0) is 125 Å². The summed E-state index contributed by atoms with van der Waals surface area (Å²) in [4.78, 5) is 18.1. The third-order valence-corrected chi connectivity index (χ3v) is 14.3. The molecular weight excluding hydrogens is 662 g/mol. The van der Waals surface area contributed by atoms with E-state index in [0.29, 0.717) is 30.6 Å². The fourth-order valence-electron chi connectivity index (χ4n) is 9.17. The van der Waals surface area contributed by atoms with Crippen molar-refractivity contribution >= 4 is 33.2 Å². The van der Waals surface area contributed by atoms with E-state index in [1.54, 1.807) is 13.0 Å². The molecule has 5 aliphatic rings. The number of benzene rings is 2. The second-order valence-corrected chi connectivity index (χ2v) is 18.2. The van der Waals surface area contributed by atoms with E-state index < -0.39 is 21.2 Å². The maximum Gasteiger partial charge on any atom is 0.264 e. The van der Waals surface area contributed by atoms with Gasteiger partial charge in [0.1, 0.15) is 5.75 Å². The average Bonchev–Trinajstić information content (AvgIpc) is 3.44. The van der Waals surface area contributed by atoms with E-state index in [4.69, 9.17) is 25.8 Å². The van der Waals surface area contributed by atoms with Crippen molar-refractivity contribution < 1.29 is 27.4 Å². The second-order valence-electron chi connectivity index (χ2n) is 15.8. The highest BCUT2D eigenvalue weighted by Gasteiger charge is 2.47. The predicted octanol–water partition coefficient (Wildman–Crippen LogP) is 6.03. The third kappa shape index (κ3) is 7.10. The summed E-state index contributed by atoms with van der Waals surface area (Å²) in [6.07, 6.45) is 7.55. The smallest absolute Gasteiger partial charge is 0.264 e. The Kier molecular flexibility index (Phi) is 10.0. The van der Waals surface area contributed by atoms with Gasteiger partial charge >= 0.3 is 0 Å². The van der Waals surface area contributed by atoms with Crippen LogP contribution >= 0.6 is 11.6 Å². The van der Waals surface area contributed by atoms with Gasteiger partial charge in [-0.15, -0.1) is 0 Å². The molecule has 11 heteroatoms. The maximum atomic E-state index is 13.6. The van der Waals surface area contributed by atoms with E-state index in [1.165, 1.54) is 11.1 Å². The number of ether oxygens (including phenoxy) is 3. The molecule has 0 radical (unpaired) electrons. The Balaban J connectivity index is 1.27. The Morgan fingerprint density at radius 1 is 1.04 bits per heavy atom. The van der Waals surface area contributed by atoms with Crippen molar-refractivity contribution in [1.82, 2.24) is 9.62 Å². The first-order valence-electron chi connectivity index (χ1n) is 18.2. The number of anilines is 1. The van der Waals surface area contributed by atoms with Gasteiger partial charge in [-0.2, -0.15) is 0 Å². The lowest BCUT2D eigenvalue weighted by molar-refractivity contribution is -0.134. The van der Waals surface area contributed by atoms with Crippen molar-refractivity contribution in [2.24, 2.45) is 23.7 Å². The molecule has 8 atom stereocenters. The minimum atomic E-state index is -3.90. The molecule has 3 heterocycles. The number of aryl methyl sites for hydroxylation is 1. The SMILES string of the molecule is C[C@@H]1[C@@H](C)CCC[C@@H]([C@@H]2OC[C@H](CN(C)C)O2)[C@@H]2CC[C@H]2CN2C[C@@]3(CCCc4cc(Cl)ccc43)COc3ccc(cc32)C(=O)NS1(=O)=O. The molecule has 2 fully saturated rings. The zero-order valence-electron chi connectivity index (χ0n) is 29.3. The molecule has 3 aliphatic heterocycles. The molecule has 1 N–H and O–H groups in total. The standard InChI is InChI=1S/C38H52ClN3O6S/c1-24-7-5-9-32(37-46-21-30(48-37)20-41(3)4)31-13-10-28(31)19-42-22-38(16-6-8-26-17-29(39)12-14-33(26)38)23-47-35-15-11-27(18-34(35)42)36(43)40-49(44,45)25(24)2/h11-12,14-15,17-18,24-25,28,30-32,37H,5-10,13,16,19-23H2,1-4H3,(H,40,43)/t24-,25+,28-,30-,31+,32+,37+,38-/m0/s1. The Hall–Kier alpha value is -2.37. The lowest BCUT2D eigenvalue weighted by Crippen LogP contribution is -2.50. The quantitative estimate of drug-likeness (QED) is 0.412. The summed E-state index contributed by atoms with van der Waals surface area (Å²) in [5.41, 5.74) is 3.49. The summed E-state index contributed by atoms with van der Waals surface area (Å²) < 4.78 is 49.0. The zero-order chi connectivity index (χ0) is 34.5. The fraction of sp³-hybridized carbons (Fsp3) is 0.658. The van der Waals surface area contributed by atoms with Crippen molar-refractivity contribution in [2.45, 2.75) is 88.3 Å². The highest BCUT2D eigenvalue weighted by molar-refractivity contribution is 7.90. The number of hydrogen-bond acceptors (Lipinski definition) is 8. The van der Waals surface area contributed by atoms with Gasteiger partial charge in [-0.3, -0.25) is 4.79 Å². The van der Waals surface area contributed by atoms with E-state index in [0.717, 1.165) is 87.5 Å². The zero-order valence-corrected chi connectivity index (χ0v) is 30.9. The first-order chi connectivity index (χ1) is 23.4. The van der Waals surface area contributed by atoms with Crippen LogP contribution in [0.15, 0.2) is 36.4 Å². The van der Waals surface area contributed by atoms with E-state index in [-0.39, 0.29) is 29.6 Å². The van der Waals surface area contributed by atoms with Gasteiger partial charge in [0.15, 0.2) is 6.29 Å². The van der Waals surface area contributed by atoms with Crippen molar-refractivity contribution in [1.29, 1.82) is 0 Å². The Morgan fingerprint density at radius 2 is 1.88 bits per heavy atom. The van der Waals surface area contributed by atoms with Crippen LogP contribution in [-0.2, 0) is 31.3 Å². The number of hydrogen-bond donors (Lipinski definition) is 1. The number of fused-ring (bicyclic) bond motifs is 4. The molecule has 0 aromatic heterocycles. The molecule has 2 aliphatic carbocycles. The van der Waals surface area contributed by atoms with Gasteiger partial charge in [-0.1, -0.05) is 31.0 Å². The highest BCUT2D eigenvalue weighted by atomic mass is 35.5. The van der Waals surface area contributed by atoms with Crippen LogP contribution in [0.2, 0.25) is 5.02 Å². The van der Waals surface area contributed by atoms with Gasteiger partial charge in [0.2, 0.25) is 10.0 Å². The molecule has 0 unspecified atom stereocenters. The topological polar surface area (TPSA) is 97.4 Å². The molecular formula is C38H52ClN3O6S. The maximum absolute atomic E-state index is 13.6. The summed E-state index contributed by atoms with van der Waals surface area (Å²) in [5, 5.41) is 0.0311. The minimum Gasteiger partial charge on any atom is -0.490 e. The van der Waals surface area contributed by atoms with E-state index >= 15 is 0 Å². The summed E-state index contributed by atoms with van der Waals surface area (Å²) in [6.45, 7) is 7.16. The third-order valence-electron chi connectivity index (χ3n) is 12.2. The Morgan fingerprint density at radius 3 is 2.65 bits per heavy atom. The average molecular weight is 714 g/mol. The molecule has 9 nitrogen and oxygen atoms in total. The van der Waals surface area contributed by atoms with Crippen LogP contribution in [-0.4, -0.2) is 83.8 Å². The van der Waals surface area contributed by atoms with Crippen LogP contribution < -0.4 is 14.4 Å². The van der Waals surface area contributed by atoms with Gasteiger partial charge < -0.3 is 24.0 Å². The second kappa shape index (κ2) is 14.0. The summed E-state index contributed by atoms with van der Waals surface area (Å²) in [7, 11) is 0.217. The van der Waals surface area contributed by atoms with E-state index in [9.17, 15) is 13.2 Å². The molecule has 2 bridgehead atoms. The normalized spacial score (nSPS) is 34.7. The number of amides is 1. The van der Waals surface area contributed by atoms with Crippen molar-refractivity contribution in [3.63, 3.8) is 0 Å². The number of carbonyl (C=O) groups is 1. The molecule has 1 saturated carbocycles. The number of sulfonamides is 1.